The minimum Gasteiger partial charge on any atom is -0.375 e. The van der Waals surface area contributed by atoms with Crippen molar-refractivity contribution in [1.29, 1.82) is 0 Å². The largest absolute Gasteiger partial charge is 0.375 e. The van der Waals surface area contributed by atoms with Crippen molar-refractivity contribution in [2.24, 2.45) is 0 Å². The van der Waals surface area contributed by atoms with Crippen LogP contribution in [0.1, 0.15) is 31.2 Å². The van der Waals surface area contributed by atoms with Gasteiger partial charge in [-0.15, -0.1) is 0 Å². The number of halogens is 2. The molecule has 0 amide bonds. The van der Waals surface area contributed by atoms with Gasteiger partial charge >= 0.3 is 0 Å². The van der Waals surface area contributed by atoms with Crippen molar-refractivity contribution >= 4 is 27.5 Å². The number of rotatable bonds is 2. The second kappa shape index (κ2) is 6.13. The Morgan fingerprint density at radius 1 is 1.32 bits per heavy atom. The van der Waals surface area contributed by atoms with Crippen LogP contribution in [0, 0.1) is 0 Å². The van der Waals surface area contributed by atoms with Gasteiger partial charge < -0.3 is 4.74 Å². The van der Waals surface area contributed by atoms with Crippen molar-refractivity contribution < 1.29 is 4.74 Å². The van der Waals surface area contributed by atoms with Gasteiger partial charge in [0.2, 0.25) is 0 Å². The highest BCUT2D eigenvalue weighted by molar-refractivity contribution is 9.10. The van der Waals surface area contributed by atoms with Crippen molar-refractivity contribution in [3.05, 3.63) is 33.3 Å². The third kappa shape index (κ3) is 3.15. The maximum absolute atomic E-state index is 6.34. The van der Waals surface area contributed by atoms with Crippen molar-refractivity contribution in [3.63, 3.8) is 0 Å². The van der Waals surface area contributed by atoms with Gasteiger partial charge in [0.15, 0.2) is 0 Å². The van der Waals surface area contributed by atoms with E-state index in [1.165, 1.54) is 31.2 Å². The van der Waals surface area contributed by atoms with Gasteiger partial charge in [0.25, 0.3) is 0 Å². The third-order valence-electron chi connectivity index (χ3n) is 4.24. The first-order chi connectivity index (χ1) is 9.24. The normalized spacial score (nSPS) is 28.1. The van der Waals surface area contributed by atoms with Crippen molar-refractivity contribution in [2.75, 3.05) is 13.2 Å². The standard InChI is InChI=1S/C15H19BrClNO/c16-12-6-5-11(13(17)9-12)10-18-7-8-19-15-4-2-1-3-14(15)18/h5-6,9,14-15H,1-4,7-8,10H2. The first-order valence-electron chi connectivity index (χ1n) is 7.03. The Balaban J connectivity index is 1.74. The highest BCUT2D eigenvalue weighted by Gasteiger charge is 2.34. The van der Waals surface area contributed by atoms with E-state index in [9.17, 15) is 0 Å². The van der Waals surface area contributed by atoms with E-state index >= 15 is 0 Å². The maximum Gasteiger partial charge on any atom is 0.0731 e. The van der Waals surface area contributed by atoms with Gasteiger partial charge in [-0.25, -0.2) is 0 Å². The molecular formula is C15H19BrClNO. The predicted molar refractivity (Wildman–Crippen MR) is 81.6 cm³/mol. The van der Waals surface area contributed by atoms with E-state index in [1.807, 2.05) is 6.07 Å². The summed E-state index contributed by atoms with van der Waals surface area (Å²) in [5, 5.41) is 0.855. The average Bonchev–Trinajstić information content (AvgIpc) is 2.42. The molecule has 2 aliphatic rings. The molecule has 0 aromatic heterocycles. The molecule has 1 aliphatic carbocycles. The summed E-state index contributed by atoms with van der Waals surface area (Å²) in [6, 6.07) is 6.76. The van der Waals surface area contributed by atoms with Crippen LogP contribution in [0.25, 0.3) is 0 Å². The maximum atomic E-state index is 6.34. The third-order valence-corrected chi connectivity index (χ3v) is 5.08. The number of fused-ring (bicyclic) bond motifs is 1. The van der Waals surface area contributed by atoms with Crippen LogP contribution in [-0.2, 0) is 11.3 Å². The molecule has 0 spiro atoms. The Morgan fingerprint density at radius 3 is 3.00 bits per heavy atom. The first-order valence-corrected chi connectivity index (χ1v) is 8.21. The topological polar surface area (TPSA) is 12.5 Å². The van der Waals surface area contributed by atoms with Gasteiger partial charge in [0.1, 0.15) is 0 Å². The Labute approximate surface area is 128 Å². The number of hydrogen-bond acceptors (Lipinski definition) is 2. The summed E-state index contributed by atoms with van der Waals surface area (Å²) < 4.78 is 6.96. The van der Waals surface area contributed by atoms with E-state index < -0.39 is 0 Å². The van der Waals surface area contributed by atoms with Crippen LogP contribution in [0.2, 0.25) is 5.02 Å². The molecule has 1 aliphatic heterocycles. The van der Waals surface area contributed by atoms with Gasteiger partial charge in [0.05, 0.1) is 12.7 Å². The lowest BCUT2D eigenvalue weighted by Crippen LogP contribution is -2.52. The minimum atomic E-state index is 0.441. The van der Waals surface area contributed by atoms with E-state index in [0.717, 1.165) is 29.2 Å². The molecule has 2 fully saturated rings. The van der Waals surface area contributed by atoms with E-state index in [0.29, 0.717) is 12.1 Å². The summed E-state index contributed by atoms with van der Waals surface area (Å²) in [7, 11) is 0. The SMILES string of the molecule is Clc1cc(Br)ccc1CN1CCOC2CCCCC21. The van der Waals surface area contributed by atoms with Crippen LogP contribution in [0.4, 0.5) is 0 Å². The fourth-order valence-corrected chi connectivity index (χ4v) is 3.97. The van der Waals surface area contributed by atoms with Gasteiger partial charge in [-0.1, -0.05) is 46.4 Å². The molecule has 4 heteroatoms. The summed E-state index contributed by atoms with van der Waals surface area (Å²) in [5.74, 6) is 0. The molecular weight excluding hydrogens is 326 g/mol. The van der Waals surface area contributed by atoms with Crippen molar-refractivity contribution in [3.8, 4) is 0 Å². The monoisotopic (exact) mass is 343 g/mol. The zero-order valence-electron chi connectivity index (χ0n) is 10.9. The number of morpholine rings is 1. The van der Waals surface area contributed by atoms with E-state index in [-0.39, 0.29) is 0 Å². The molecule has 3 rings (SSSR count). The molecule has 1 aromatic rings. The summed E-state index contributed by atoms with van der Waals surface area (Å²) in [5.41, 5.74) is 1.22. The van der Waals surface area contributed by atoms with Gasteiger partial charge in [0, 0.05) is 28.6 Å². The summed E-state index contributed by atoms with van der Waals surface area (Å²) in [6.07, 6.45) is 5.56. The Bertz CT molecular complexity index is 452. The molecule has 19 heavy (non-hydrogen) atoms. The lowest BCUT2D eigenvalue weighted by molar-refractivity contribution is -0.0911. The van der Waals surface area contributed by atoms with Gasteiger partial charge in [-0.3, -0.25) is 4.90 Å². The van der Waals surface area contributed by atoms with Crippen LogP contribution >= 0.6 is 27.5 Å². The van der Waals surface area contributed by atoms with Crippen molar-refractivity contribution in [2.45, 2.75) is 44.4 Å². The molecule has 1 saturated heterocycles. The first kappa shape index (κ1) is 13.9. The smallest absolute Gasteiger partial charge is 0.0731 e. The van der Waals surface area contributed by atoms with Crippen molar-refractivity contribution in [1.82, 2.24) is 4.90 Å². The molecule has 1 heterocycles. The molecule has 2 nitrogen and oxygen atoms in total. The molecule has 104 valence electrons. The molecule has 0 N–H and O–H groups in total. The van der Waals surface area contributed by atoms with Crippen LogP contribution in [0.15, 0.2) is 22.7 Å². The average molecular weight is 345 g/mol. The Hall–Kier alpha value is -0.0900. The zero-order chi connectivity index (χ0) is 13.2. The summed E-state index contributed by atoms with van der Waals surface area (Å²) in [6.45, 7) is 2.82. The fourth-order valence-electron chi connectivity index (χ4n) is 3.24. The molecule has 2 unspecified atom stereocenters. The van der Waals surface area contributed by atoms with Gasteiger partial charge in [-0.05, 0) is 30.5 Å². The minimum absolute atomic E-state index is 0.441. The van der Waals surface area contributed by atoms with Crippen LogP contribution in [-0.4, -0.2) is 30.2 Å². The second-order valence-electron chi connectivity index (χ2n) is 5.47. The Morgan fingerprint density at radius 2 is 2.16 bits per heavy atom. The molecule has 1 aromatic carbocycles. The van der Waals surface area contributed by atoms with E-state index in [2.05, 4.69) is 33.0 Å². The summed E-state index contributed by atoms with van der Waals surface area (Å²) in [4.78, 5) is 2.56. The predicted octanol–water partition coefficient (Wildman–Crippen LogP) is 4.25. The second-order valence-corrected chi connectivity index (χ2v) is 6.79. The fraction of sp³-hybridized carbons (Fsp3) is 0.600. The van der Waals surface area contributed by atoms with Gasteiger partial charge in [-0.2, -0.15) is 0 Å². The van der Waals surface area contributed by atoms with E-state index in [1.54, 1.807) is 0 Å². The lowest BCUT2D eigenvalue weighted by atomic mass is 9.90. The van der Waals surface area contributed by atoms with Crippen LogP contribution in [0.3, 0.4) is 0 Å². The highest BCUT2D eigenvalue weighted by Crippen LogP contribution is 2.31. The number of ether oxygens (including phenoxy) is 1. The molecule has 0 bridgehead atoms. The number of hydrogen-bond donors (Lipinski definition) is 0. The number of nitrogens with zero attached hydrogens (tertiary/aromatic N) is 1. The summed E-state index contributed by atoms with van der Waals surface area (Å²) >= 11 is 9.79. The quantitative estimate of drug-likeness (QED) is 0.795. The number of benzene rings is 1. The Kier molecular flexibility index (Phi) is 4.47. The van der Waals surface area contributed by atoms with E-state index in [4.69, 9.17) is 16.3 Å². The van der Waals surface area contributed by atoms with Crippen LogP contribution in [0.5, 0.6) is 0 Å². The highest BCUT2D eigenvalue weighted by atomic mass is 79.9. The lowest BCUT2D eigenvalue weighted by Gasteiger charge is -2.44. The molecule has 1 saturated carbocycles. The van der Waals surface area contributed by atoms with Crippen LogP contribution < -0.4 is 0 Å². The molecule has 2 atom stereocenters. The zero-order valence-corrected chi connectivity index (χ0v) is 13.3. The molecule has 0 radical (unpaired) electrons.